The van der Waals surface area contributed by atoms with E-state index in [9.17, 15) is 5.11 Å². The summed E-state index contributed by atoms with van der Waals surface area (Å²) in [6.45, 7) is 5.52. The van der Waals surface area contributed by atoms with Crippen LogP contribution in [0.15, 0.2) is 53.2 Å². The second-order valence-electron chi connectivity index (χ2n) is 6.38. The summed E-state index contributed by atoms with van der Waals surface area (Å²) >= 11 is 6.43. The van der Waals surface area contributed by atoms with Gasteiger partial charge in [-0.05, 0) is 69.0 Å². The zero-order valence-corrected chi connectivity index (χ0v) is 15.5. The van der Waals surface area contributed by atoms with E-state index in [4.69, 9.17) is 11.6 Å². The lowest BCUT2D eigenvalue weighted by atomic mass is 9.93. The third-order valence-electron chi connectivity index (χ3n) is 4.39. The first-order valence-corrected chi connectivity index (χ1v) is 9.18. The van der Waals surface area contributed by atoms with E-state index in [1.165, 1.54) is 0 Å². The van der Waals surface area contributed by atoms with Crippen molar-refractivity contribution in [2.24, 2.45) is 4.99 Å². The van der Waals surface area contributed by atoms with Crippen molar-refractivity contribution in [2.45, 2.75) is 51.2 Å². The smallest absolute Gasteiger partial charge is 0.0541 e. The first kappa shape index (κ1) is 19.5. The molecule has 25 heavy (non-hydrogen) atoms. The van der Waals surface area contributed by atoms with Gasteiger partial charge >= 0.3 is 0 Å². The quantitative estimate of drug-likeness (QED) is 0.377. The minimum atomic E-state index is -0.135. The first-order chi connectivity index (χ1) is 12.1. The van der Waals surface area contributed by atoms with Gasteiger partial charge in [-0.1, -0.05) is 42.0 Å². The topological polar surface area (TPSA) is 44.6 Å². The Morgan fingerprint density at radius 2 is 2.12 bits per heavy atom. The zero-order chi connectivity index (χ0) is 18.1. The van der Waals surface area contributed by atoms with Crippen LogP contribution in [-0.4, -0.2) is 24.0 Å². The molecule has 1 aromatic carbocycles. The summed E-state index contributed by atoms with van der Waals surface area (Å²) in [5.74, 6) is 0. The van der Waals surface area contributed by atoms with E-state index in [2.05, 4.69) is 29.2 Å². The molecule has 0 aromatic heterocycles. The largest absolute Gasteiger partial charge is 0.393 e. The second-order valence-corrected chi connectivity index (χ2v) is 6.79. The van der Waals surface area contributed by atoms with Gasteiger partial charge in [0.05, 0.1) is 6.10 Å². The second kappa shape index (κ2) is 10.2. The number of rotatable bonds is 7. The molecule has 0 saturated heterocycles. The van der Waals surface area contributed by atoms with Crippen molar-refractivity contribution in [3.8, 4) is 0 Å². The minimum Gasteiger partial charge on any atom is -0.393 e. The van der Waals surface area contributed by atoms with Crippen LogP contribution in [0.4, 0.5) is 5.69 Å². The van der Waals surface area contributed by atoms with Crippen LogP contribution in [0, 0.1) is 0 Å². The lowest BCUT2D eigenvalue weighted by molar-refractivity contribution is 0.126. The summed E-state index contributed by atoms with van der Waals surface area (Å²) in [7, 11) is 0. The Balaban J connectivity index is 2.02. The number of benzene rings is 1. The fourth-order valence-electron chi connectivity index (χ4n) is 2.94. The van der Waals surface area contributed by atoms with Gasteiger partial charge in [-0.25, -0.2) is 0 Å². The normalized spacial score (nSPS) is 21.8. The number of allylic oxidation sites excluding steroid dienone is 4. The van der Waals surface area contributed by atoms with E-state index in [-0.39, 0.29) is 6.10 Å². The molecule has 2 rings (SSSR count). The molecule has 134 valence electrons. The third kappa shape index (κ3) is 6.52. The van der Waals surface area contributed by atoms with E-state index < -0.39 is 0 Å². The van der Waals surface area contributed by atoms with Crippen molar-refractivity contribution in [3.05, 3.63) is 58.8 Å². The Kier molecular flexibility index (Phi) is 7.96. The van der Waals surface area contributed by atoms with Crippen LogP contribution < -0.4 is 5.32 Å². The molecule has 0 bridgehead atoms. The maximum atomic E-state index is 9.59. The van der Waals surface area contributed by atoms with E-state index in [0.29, 0.717) is 11.1 Å². The Hall–Kier alpha value is -1.84. The van der Waals surface area contributed by atoms with E-state index in [0.717, 1.165) is 48.9 Å². The molecule has 0 heterocycles. The minimum absolute atomic E-state index is 0.135. The molecule has 3 nitrogen and oxygen atoms in total. The number of hydrogen-bond acceptors (Lipinski definition) is 3. The van der Waals surface area contributed by atoms with E-state index in [1.807, 2.05) is 37.3 Å². The molecule has 4 heteroatoms. The molecule has 0 radical (unpaired) electrons. The third-order valence-corrected chi connectivity index (χ3v) is 4.72. The van der Waals surface area contributed by atoms with Crippen LogP contribution in [0.25, 0.3) is 6.08 Å². The van der Waals surface area contributed by atoms with E-state index in [1.54, 1.807) is 6.20 Å². The molecule has 0 amide bonds. The number of nitrogens with one attached hydrogen (secondary N) is 1. The average molecular weight is 359 g/mol. The monoisotopic (exact) mass is 358 g/mol. The fraction of sp³-hybridized carbons (Fsp3) is 0.381. The highest BCUT2D eigenvalue weighted by Gasteiger charge is 2.19. The van der Waals surface area contributed by atoms with Crippen LogP contribution in [0.1, 0.15) is 44.6 Å². The van der Waals surface area contributed by atoms with Crippen LogP contribution >= 0.6 is 11.6 Å². The summed E-state index contributed by atoms with van der Waals surface area (Å²) in [5.41, 5.74) is 3.08. The molecular weight excluding hydrogens is 332 g/mol. The molecule has 2 N–H and O–H groups in total. The summed E-state index contributed by atoms with van der Waals surface area (Å²) in [6, 6.07) is 6.45. The lowest BCUT2D eigenvalue weighted by Gasteiger charge is -2.27. The Labute approximate surface area is 155 Å². The number of anilines is 1. The molecule has 1 aliphatic rings. The number of nitrogens with zero attached hydrogens (tertiary/aromatic N) is 1. The molecule has 0 spiro atoms. The number of hydrogen-bond donors (Lipinski definition) is 2. The van der Waals surface area contributed by atoms with Gasteiger partial charge in [0.1, 0.15) is 0 Å². The predicted octanol–water partition coefficient (Wildman–Crippen LogP) is 5.62. The van der Waals surface area contributed by atoms with Crippen molar-refractivity contribution in [3.63, 3.8) is 0 Å². The Bertz CT molecular complexity index is 656. The van der Waals surface area contributed by atoms with Crippen molar-refractivity contribution >= 4 is 30.1 Å². The van der Waals surface area contributed by atoms with Crippen molar-refractivity contribution in [1.29, 1.82) is 0 Å². The molecule has 0 atom stereocenters. The maximum absolute atomic E-state index is 9.59. The molecule has 1 saturated carbocycles. The van der Waals surface area contributed by atoms with Crippen LogP contribution in [0.5, 0.6) is 0 Å². The molecule has 1 aliphatic carbocycles. The van der Waals surface area contributed by atoms with Crippen molar-refractivity contribution in [1.82, 2.24) is 0 Å². The summed E-state index contributed by atoms with van der Waals surface area (Å²) in [5, 5.41) is 13.8. The van der Waals surface area contributed by atoms with Crippen LogP contribution in [0.3, 0.4) is 0 Å². The molecule has 1 aromatic rings. The zero-order valence-electron chi connectivity index (χ0n) is 14.8. The summed E-state index contributed by atoms with van der Waals surface area (Å²) in [6.07, 6.45) is 14.3. The first-order valence-electron chi connectivity index (χ1n) is 8.80. The van der Waals surface area contributed by atoms with Crippen molar-refractivity contribution < 1.29 is 5.11 Å². The Morgan fingerprint density at radius 1 is 1.36 bits per heavy atom. The maximum Gasteiger partial charge on any atom is 0.0541 e. The highest BCUT2D eigenvalue weighted by molar-refractivity contribution is 6.32. The number of halogens is 1. The highest BCUT2D eigenvalue weighted by atomic mass is 35.5. The van der Waals surface area contributed by atoms with Gasteiger partial charge in [-0.2, -0.15) is 0 Å². The number of aliphatic imine (C=N–C) groups is 1. The van der Waals surface area contributed by atoms with Gasteiger partial charge in [0.2, 0.25) is 0 Å². The van der Waals surface area contributed by atoms with E-state index >= 15 is 0 Å². The standard InChI is InChI=1S/C21H27ClN2O/c1-3-4-5-16(15-23-2)6-7-17-8-9-19(14-21(17)22)24-18-10-12-20(25)13-11-18/h3-4,6-9,14-15,18,20,24-25H,2,5,10-13H2,1H3/b4-3-,7-6+,16-15-. The van der Waals surface area contributed by atoms with Crippen molar-refractivity contribution in [2.75, 3.05) is 5.32 Å². The van der Waals surface area contributed by atoms with Gasteiger partial charge in [-0.3, -0.25) is 4.99 Å². The number of aliphatic hydroxyl groups is 1. The van der Waals surface area contributed by atoms with Gasteiger partial charge in [0.25, 0.3) is 0 Å². The summed E-state index contributed by atoms with van der Waals surface area (Å²) in [4.78, 5) is 3.85. The highest BCUT2D eigenvalue weighted by Crippen LogP contribution is 2.26. The molecular formula is C21H27ClN2O. The molecule has 0 aliphatic heterocycles. The van der Waals surface area contributed by atoms with Gasteiger partial charge < -0.3 is 10.4 Å². The van der Waals surface area contributed by atoms with Crippen LogP contribution in [0.2, 0.25) is 5.02 Å². The van der Waals surface area contributed by atoms with Gasteiger partial charge in [0.15, 0.2) is 0 Å². The fourth-order valence-corrected chi connectivity index (χ4v) is 3.18. The molecule has 1 fully saturated rings. The Morgan fingerprint density at radius 3 is 2.76 bits per heavy atom. The average Bonchev–Trinajstić information content (AvgIpc) is 2.60. The number of aliphatic hydroxyl groups excluding tert-OH is 1. The van der Waals surface area contributed by atoms with Gasteiger partial charge in [-0.15, -0.1) is 0 Å². The summed E-state index contributed by atoms with van der Waals surface area (Å²) < 4.78 is 0. The van der Waals surface area contributed by atoms with Crippen LogP contribution in [-0.2, 0) is 0 Å². The molecule has 0 unspecified atom stereocenters. The predicted molar refractivity (Wildman–Crippen MR) is 109 cm³/mol. The van der Waals surface area contributed by atoms with Gasteiger partial charge in [0, 0.05) is 23.0 Å². The lowest BCUT2D eigenvalue weighted by Crippen LogP contribution is -2.28. The SMILES string of the molecule is C=N/C=C(\C=C\c1ccc(NC2CCC(O)CC2)cc1Cl)C/C=C\C.